The lowest BCUT2D eigenvalue weighted by atomic mass is 10.3. The second-order valence-corrected chi connectivity index (χ2v) is 6.63. The van der Waals surface area contributed by atoms with E-state index in [1.54, 1.807) is 0 Å². The predicted molar refractivity (Wildman–Crippen MR) is 93.2 cm³/mol. The zero-order chi connectivity index (χ0) is 16.2. The Kier molecular flexibility index (Phi) is 4.63. The summed E-state index contributed by atoms with van der Waals surface area (Å²) in [7, 11) is 0. The number of thiazole rings is 2. The van der Waals surface area contributed by atoms with Crippen LogP contribution in [0.15, 0.2) is 29.8 Å². The molecule has 0 atom stereocenters. The van der Waals surface area contributed by atoms with E-state index in [1.807, 2.05) is 43.6 Å². The Morgan fingerprint density at radius 1 is 1.30 bits per heavy atom. The van der Waals surface area contributed by atoms with Crippen LogP contribution in [0.25, 0.3) is 10.6 Å². The Bertz CT molecular complexity index is 812. The number of hydrogen-bond acceptors (Lipinski definition) is 6. The Hall–Kier alpha value is -2.32. The van der Waals surface area contributed by atoms with Gasteiger partial charge in [0.25, 0.3) is 10.9 Å². The van der Waals surface area contributed by atoms with Crippen molar-refractivity contribution in [2.24, 2.45) is 0 Å². The zero-order valence-corrected chi connectivity index (χ0v) is 14.3. The van der Waals surface area contributed by atoms with E-state index in [0.29, 0.717) is 11.6 Å². The number of nitrogens with zero attached hydrogens (tertiary/aromatic N) is 2. The van der Waals surface area contributed by atoms with Crippen LogP contribution in [0.5, 0.6) is 0 Å². The first-order valence-electron chi connectivity index (χ1n) is 7.12. The molecule has 0 aliphatic carbocycles. The second kappa shape index (κ2) is 6.84. The van der Waals surface area contributed by atoms with Crippen molar-refractivity contribution in [3.05, 3.63) is 35.5 Å². The van der Waals surface area contributed by atoms with Gasteiger partial charge in [0.15, 0.2) is 5.13 Å². The summed E-state index contributed by atoms with van der Waals surface area (Å²) in [6.45, 7) is 3.74. The molecule has 0 spiro atoms. The van der Waals surface area contributed by atoms with E-state index in [-0.39, 0.29) is 5.91 Å². The van der Waals surface area contributed by atoms with E-state index in [2.05, 4.69) is 25.6 Å². The maximum atomic E-state index is 11.5. The molecule has 0 aromatic carbocycles. The summed E-state index contributed by atoms with van der Waals surface area (Å²) in [4.78, 5) is 24.5. The van der Waals surface area contributed by atoms with Gasteiger partial charge in [-0.2, -0.15) is 4.98 Å². The van der Waals surface area contributed by atoms with Crippen molar-refractivity contribution in [3.8, 4) is 10.6 Å². The second-order valence-electron chi connectivity index (χ2n) is 4.77. The third-order valence-electron chi connectivity index (χ3n) is 3.05. The number of carbonyl (C=O) groups excluding carboxylic acids is 1. The molecule has 0 aliphatic heterocycles. The summed E-state index contributed by atoms with van der Waals surface area (Å²) in [5, 5.41) is 9.42. The van der Waals surface area contributed by atoms with Gasteiger partial charge in [0.05, 0.1) is 22.5 Å². The smallest absolute Gasteiger partial charge is 0.279 e. The van der Waals surface area contributed by atoms with Crippen molar-refractivity contribution in [2.75, 3.05) is 10.6 Å². The molecule has 0 fully saturated rings. The largest absolute Gasteiger partial charge is 0.302 e. The Balaban J connectivity index is 1.79. The molecule has 8 heteroatoms. The molecule has 3 N–H and O–H groups in total. The number of aryl methyl sites for hydroxylation is 1. The lowest BCUT2D eigenvalue weighted by molar-refractivity contribution is -0.360. The van der Waals surface area contributed by atoms with Crippen LogP contribution in [-0.2, 0) is 4.79 Å². The number of H-pyrrole nitrogens is 1. The molecule has 3 rings (SSSR count). The van der Waals surface area contributed by atoms with Gasteiger partial charge in [-0.3, -0.25) is 4.79 Å². The molecule has 6 nitrogen and oxygen atoms in total. The average molecular weight is 346 g/mol. The fraction of sp³-hybridized carbons (Fsp3) is 0.200. The predicted octanol–water partition coefficient (Wildman–Crippen LogP) is 3.48. The highest BCUT2D eigenvalue weighted by molar-refractivity contribution is 7.20. The quantitative estimate of drug-likeness (QED) is 0.741. The number of carbonyl (C=O) groups is 1. The van der Waals surface area contributed by atoms with Crippen LogP contribution in [0.1, 0.15) is 19.0 Å². The fourth-order valence-electron chi connectivity index (χ4n) is 1.92. The first-order valence-corrected chi connectivity index (χ1v) is 8.82. The van der Waals surface area contributed by atoms with E-state index in [4.69, 9.17) is 0 Å². The molecule has 0 unspecified atom stereocenters. The average Bonchev–Trinajstić information content (AvgIpc) is 3.14. The zero-order valence-electron chi connectivity index (χ0n) is 12.7. The molecule has 3 aromatic rings. The number of nitrogens with one attached hydrogen (secondary N) is 3. The molecular formula is C15H16N5OS2+. The molecule has 0 aliphatic rings. The van der Waals surface area contributed by atoms with E-state index in [1.165, 1.54) is 22.7 Å². The van der Waals surface area contributed by atoms with Crippen molar-refractivity contribution in [1.29, 1.82) is 0 Å². The summed E-state index contributed by atoms with van der Waals surface area (Å²) in [6, 6.07) is 5.81. The van der Waals surface area contributed by atoms with E-state index in [9.17, 15) is 4.79 Å². The van der Waals surface area contributed by atoms with Crippen LogP contribution in [0.2, 0.25) is 0 Å². The third kappa shape index (κ3) is 3.72. The summed E-state index contributed by atoms with van der Waals surface area (Å²) in [5.41, 5.74) is 1.73. The Morgan fingerprint density at radius 2 is 2.17 bits per heavy atom. The summed E-state index contributed by atoms with van der Waals surface area (Å²) >= 11 is 2.97. The maximum absolute atomic E-state index is 11.5. The van der Waals surface area contributed by atoms with Gasteiger partial charge in [-0.1, -0.05) is 35.7 Å². The van der Waals surface area contributed by atoms with Crippen molar-refractivity contribution in [3.63, 3.8) is 0 Å². The normalized spacial score (nSPS) is 10.5. The summed E-state index contributed by atoms with van der Waals surface area (Å²) in [6.07, 6.45) is 2.29. The molecule has 1 amide bonds. The Morgan fingerprint density at radius 3 is 2.91 bits per heavy atom. The molecule has 0 bridgehead atoms. The van der Waals surface area contributed by atoms with Crippen LogP contribution in [0.4, 0.5) is 16.1 Å². The minimum atomic E-state index is -0.0365. The molecule has 0 radical (unpaired) electrons. The molecule has 3 aromatic heterocycles. The summed E-state index contributed by atoms with van der Waals surface area (Å²) < 4.78 is 0. The minimum absolute atomic E-state index is 0.0365. The van der Waals surface area contributed by atoms with Crippen molar-refractivity contribution in [2.45, 2.75) is 20.3 Å². The minimum Gasteiger partial charge on any atom is -0.302 e. The first kappa shape index (κ1) is 15.6. The van der Waals surface area contributed by atoms with Crippen LogP contribution >= 0.6 is 22.7 Å². The van der Waals surface area contributed by atoms with Gasteiger partial charge in [0.2, 0.25) is 5.91 Å². The molecule has 118 valence electrons. The number of amides is 1. The topological polar surface area (TPSA) is 81.0 Å². The lowest BCUT2D eigenvalue weighted by Crippen LogP contribution is -2.08. The van der Waals surface area contributed by atoms with Crippen molar-refractivity contribution in [1.82, 2.24) is 9.97 Å². The number of pyridine rings is 1. The van der Waals surface area contributed by atoms with Crippen LogP contribution in [-0.4, -0.2) is 15.9 Å². The van der Waals surface area contributed by atoms with E-state index >= 15 is 0 Å². The van der Waals surface area contributed by atoms with Gasteiger partial charge in [-0.05, 0) is 13.0 Å². The van der Waals surface area contributed by atoms with Crippen LogP contribution in [0.3, 0.4) is 0 Å². The summed E-state index contributed by atoms with van der Waals surface area (Å²) in [5.74, 6) is 0.843. The number of aromatic nitrogens is 3. The number of anilines is 3. The van der Waals surface area contributed by atoms with Crippen molar-refractivity contribution >= 4 is 44.7 Å². The molecule has 3 heterocycles. The van der Waals surface area contributed by atoms with Gasteiger partial charge < -0.3 is 5.32 Å². The van der Waals surface area contributed by atoms with Crippen LogP contribution < -0.4 is 15.6 Å². The van der Waals surface area contributed by atoms with Gasteiger partial charge >= 0.3 is 0 Å². The van der Waals surface area contributed by atoms with Crippen molar-refractivity contribution < 1.29 is 9.78 Å². The van der Waals surface area contributed by atoms with Gasteiger partial charge in [0.1, 0.15) is 0 Å². The standard InChI is InChI=1S/C15H15N5OS2/c1-3-12(21)20-15-17-9(2)13(23-15)10-8-22-14(18-10)19-11-6-4-5-7-16-11/h4-8H,3H2,1-2H3,(H,16,18,19)(H,17,20,21)/p+1. The number of hydrogen-bond donors (Lipinski definition) is 2. The number of aromatic amines is 1. The van der Waals surface area contributed by atoms with Gasteiger partial charge in [-0.15, -0.1) is 0 Å². The lowest BCUT2D eigenvalue weighted by Gasteiger charge is -1.95. The highest BCUT2D eigenvalue weighted by Gasteiger charge is 2.16. The molecular weight excluding hydrogens is 330 g/mol. The van der Waals surface area contributed by atoms with Gasteiger partial charge in [-0.25, -0.2) is 15.3 Å². The fourth-order valence-corrected chi connectivity index (χ4v) is 3.65. The molecule has 0 saturated carbocycles. The highest BCUT2D eigenvalue weighted by atomic mass is 32.1. The number of rotatable bonds is 5. The highest BCUT2D eigenvalue weighted by Crippen LogP contribution is 2.34. The van der Waals surface area contributed by atoms with Crippen LogP contribution in [0, 0.1) is 6.92 Å². The van der Waals surface area contributed by atoms with E-state index in [0.717, 1.165) is 27.2 Å². The Labute approximate surface area is 141 Å². The SMILES string of the molecule is CCC(=O)Nc1nc(C)c(-c2csc(Nc3cccc[nH+]3)n2)s1. The molecule has 23 heavy (non-hydrogen) atoms. The van der Waals surface area contributed by atoms with Gasteiger partial charge in [0, 0.05) is 17.9 Å². The maximum Gasteiger partial charge on any atom is 0.279 e. The molecule has 0 saturated heterocycles. The first-order chi connectivity index (χ1) is 11.2. The monoisotopic (exact) mass is 346 g/mol. The third-order valence-corrected chi connectivity index (χ3v) is 4.90. The van der Waals surface area contributed by atoms with E-state index < -0.39 is 0 Å².